The van der Waals surface area contributed by atoms with Gasteiger partial charge < -0.3 is 4.57 Å². The van der Waals surface area contributed by atoms with Crippen LogP contribution in [0.1, 0.15) is 19.3 Å². The third kappa shape index (κ3) is 0.961. The normalized spacial score (nSPS) is 49.6. The van der Waals surface area contributed by atoms with Crippen molar-refractivity contribution in [3.63, 3.8) is 0 Å². The van der Waals surface area contributed by atoms with Gasteiger partial charge in [0.05, 0.1) is 7.14 Å². The molecule has 2 atom stereocenters. The van der Waals surface area contributed by atoms with Crippen LogP contribution in [-0.4, -0.2) is 18.5 Å². The van der Waals surface area contributed by atoms with Crippen molar-refractivity contribution in [2.24, 2.45) is 5.92 Å². The minimum Gasteiger partial charge on any atom is -0.324 e. The fourth-order valence-corrected chi connectivity index (χ4v) is 5.67. The fraction of sp³-hybridized carbons (Fsp3) is 1.00. The lowest BCUT2D eigenvalue weighted by molar-refractivity contribution is 0.516. The molecule has 2 heterocycles. The topological polar surface area (TPSA) is 17.1 Å². The minimum atomic E-state index is -1.52. The SMILES string of the molecule is O=P12CCCC(CC1)C2. The van der Waals surface area contributed by atoms with Crippen molar-refractivity contribution < 1.29 is 4.57 Å². The standard InChI is InChI=1S/C7H13OP/c8-9-4-1-2-7(6-9)3-5-9/h7H,1-6H2. The predicted molar refractivity (Wildman–Crippen MR) is 39.5 cm³/mol. The summed E-state index contributed by atoms with van der Waals surface area (Å²) in [7, 11) is -1.52. The summed E-state index contributed by atoms with van der Waals surface area (Å²) in [4.78, 5) is 0. The molecule has 2 aliphatic rings. The first-order valence-electron chi connectivity index (χ1n) is 3.86. The molecule has 2 heteroatoms. The van der Waals surface area contributed by atoms with E-state index in [-0.39, 0.29) is 0 Å². The minimum absolute atomic E-state index is 0.865. The Morgan fingerprint density at radius 2 is 2.11 bits per heavy atom. The van der Waals surface area contributed by atoms with Crippen LogP contribution in [0.25, 0.3) is 0 Å². The molecule has 2 bridgehead atoms. The third-order valence-electron chi connectivity index (χ3n) is 2.71. The number of hydrogen-bond acceptors (Lipinski definition) is 1. The van der Waals surface area contributed by atoms with E-state index in [1.165, 1.54) is 19.3 Å². The van der Waals surface area contributed by atoms with Gasteiger partial charge in [0.1, 0.15) is 0 Å². The van der Waals surface area contributed by atoms with E-state index >= 15 is 0 Å². The summed E-state index contributed by atoms with van der Waals surface area (Å²) in [6, 6.07) is 0. The van der Waals surface area contributed by atoms with Gasteiger partial charge >= 0.3 is 0 Å². The summed E-state index contributed by atoms with van der Waals surface area (Å²) in [6.07, 6.45) is 7.15. The van der Waals surface area contributed by atoms with Gasteiger partial charge in [0, 0.05) is 18.5 Å². The molecule has 2 rings (SSSR count). The molecule has 1 nitrogen and oxygen atoms in total. The molecule has 0 aliphatic carbocycles. The highest BCUT2D eigenvalue weighted by Gasteiger charge is 2.36. The highest BCUT2D eigenvalue weighted by Crippen LogP contribution is 2.58. The van der Waals surface area contributed by atoms with Crippen molar-refractivity contribution in [3.05, 3.63) is 0 Å². The maximum absolute atomic E-state index is 11.6. The molecule has 2 saturated heterocycles. The summed E-state index contributed by atoms with van der Waals surface area (Å²) in [5.74, 6) is 0.865. The molecule has 0 amide bonds. The molecule has 0 radical (unpaired) electrons. The van der Waals surface area contributed by atoms with Crippen LogP contribution in [0.2, 0.25) is 0 Å². The summed E-state index contributed by atoms with van der Waals surface area (Å²) < 4.78 is 11.6. The van der Waals surface area contributed by atoms with Crippen molar-refractivity contribution in [2.45, 2.75) is 19.3 Å². The van der Waals surface area contributed by atoms with Gasteiger partial charge in [-0.15, -0.1) is 0 Å². The second-order valence-corrected chi connectivity index (χ2v) is 6.86. The molecular weight excluding hydrogens is 131 g/mol. The average Bonchev–Trinajstić information content (AvgIpc) is 2.07. The summed E-state index contributed by atoms with van der Waals surface area (Å²) in [5, 5.41) is 0. The monoisotopic (exact) mass is 144 g/mol. The molecular formula is C7H13OP. The van der Waals surface area contributed by atoms with Gasteiger partial charge in [-0.3, -0.25) is 0 Å². The molecule has 0 saturated carbocycles. The Bertz CT molecular complexity index is 158. The second kappa shape index (κ2) is 1.85. The van der Waals surface area contributed by atoms with Gasteiger partial charge in [-0.1, -0.05) is 0 Å². The zero-order valence-electron chi connectivity index (χ0n) is 5.68. The van der Waals surface area contributed by atoms with Crippen molar-refractivity contribution >= 4 is 7.14 Å². The van der Waals surface area contributed by atoms with Crippen LogP contribution in [0, 0.1) is 5.92 Å². The van der Waals surface area contributed by atoms with Gasteiger partial charge in [-0.25, -0.2) is 0 Å². The molecule has 0 aromatic heterocycles. The van der Waals surface area contributed by atoms with Gasteiger partial charge in [-0.05, 0) is 25.2 Å². The van der Waals surface area contributed by atoms with E-state index in [2.05, 4.69) is 0 Å². The highest BCUT2D eigenvalue weighted by molar-refractivity contribution is 7.64. The van der Waals surface area contributed by atoms with Crippen LogP contribution in [0.4, 0.5) is 0 Å². The molecule has 0 N–H and O–H groups in total. The van der Waals surface area contributed by atoms with Crippen LogP contribution in [-0.2, 0) is 4.57 Å². The van der Waals surface area contributed by atoms with Crippen LogP contribution in [0.3, 0.4) is 0 Å². The molecule has 2 fully saturated rings. The van der Waals surface area contributed by atoms with E-state index in [1.807, 2.05) is 0 Å². The summed E-state index contributed by atoms with van der Waals surface area (Å²) >= 11 is 0. The quantitative estimate of drug-likeness (QED) is 0.476. The van der Waals surface area contributed by atoms with E-state index in [0.29, 0.717) is 0 Å². The maximum Gasteiger partial charge on any atom is 0.0880 e. The summed E-state index contributed by atoms with van der Waals surface area (Å²) in [6.45, 7) is 0. The molecule has 0 aromatic carbocycles. The first-order chi connectivity index (χ1) is 4.29. The van der Waals surface area contributed by atoms with E-state index in [4.69, 9.17) is 0 Å². The van der Waals surface area contributed by atoms with Gasteiger partial charge in [0.15, 0.2) is 0 Å². The molecule has 9 heavy (non-hydrogen) atoms. The molecule has 0 aromatic rings. The lowest BCUT2D eigenvalue weighted by Gasteiger charge is -2.17. The van der Waals surface area contributed by atoms with Gasteiger partial charge in [0.2, 0.25) is 0 Å². The van der Waals surface area contributed by atoms with Crippen LogP contribution < -0.4 is 0 Å². The average molecular weight is 144 g/mol. The van der Waals surface area contributed by atoms with Crippen LogP contribution in [0.5, 0.6) is 0 Å². The van der Waals surface area contributed by atoms with Crippen molar-refractivity contribution in [3.8, 4) is 0 Å². The Hall–Kier alpha value is 0.230. The Labute approximate surface area is 56.2 Å². The number of rotatable bonds is 0. The largest absolute Gasteiger partial charge is 0.324 e. The number of hydrogen-bond donors (Lipinski definition) is 0. The van der Waals surface area contributed by atoms with Crippen molar-refractivity contribution in [1.29, 1.82) is 0 Å². The zero-order chi connectivity index (χ0) is 6.32. The van der Waals surface area contributed by atoms with E-state index < -0.39 is 7.14 Å². The Kier molecular flexibility index (Phi) is 1.23. The second-order valence-electron chi connectivity index (χ2n) is 3.48. The predicted octanol–water partition coefficient (Wildman–Crippen LogP) is 2.16. The highest BCUT2D eigenvalue weighted by atomic mass is 31.2. The molecule has 2 unspecified atom stereocenters. The van der Waals surface area contributed by atoms with E-state index in [0.717, 1.165) is 24.4 Å². The van der Waals surface area contributed by atoms with E-state index in [9.17, 15) is 4.57 Å². The molecule has 2 aliphatic heterocycles. The summed E-state index contributed by atoms with van der Waals surface area (Å²) in [5.41, 5.74) is 0. The Balaban J connectivity index is 2.22. The first kappa shape index (κ1) is 5.97. The zero-order valence-corrected chi connectivity index (χ0v) is 6.57. The van der Waals surface area contributed by atoms with Crippen molar-refractivity contribution in [2.75, 3.05) is 18.5 Å². The lowest BCUT2D eigenvalue weighted by Crippen LogP contribution is -2.05. The lowest BCUT2D eigenvalue weighted by atomic mass is 10.0. The molecule has 0 spiro atoms. The van der Waals surface area contributed by atoms with Gasteiger partial charge in [-0.2, -0.15) is 0 Å². The fourth-order valence-electron chi connectivity index (χ4n) is 2.18. The van der Waals surface area contributed by atoms with Crippen molar-refractivity contribution in [1.82, 2.24) is 0 Å². The van der Waals surface area contributed by atoms with Gasteiger partial charge in [0.25, 0.3) is 0 Å². The van der Waals surface area contributed by atoms with Crippen LogP contribution >= 0.6 is 7.14 Å². The maximum atomic E-state index is 11.6. The first-order valence-corrected chi connectivity index (χ1v) is 6.12. The number of fused-ring (bicyclic) bond motifs is 2. The third-order valence-corrected chi connectivity index (χ3v) is 6.10. The Morgan fingerprint density at radius 1 is 1.22 bits per heavy atom. The van der Waals surface area contributed by atoms with Crippen LogP contribution in [0.15, 0.2) is 0 Å². The van der Waals surface area contributed by atoms with E-state index in [1.54, 1.807) is 0 Å². The smallest absolute Gasteiger partial charge is 0.0880 e. The molecule has 52 valence electrons. The Morgan fingerprint density at radius 3 is 2.78 bits per heavy atom.